The smallest absolute Gasteiger partial charge is 0.202 e. The van der Waals surface area contributed by atoms with Crippen LogP contribution in [0.15, 0.2) is 61.0 Å². The van der Waals surface area contributed by atoms with Crippen molar-refractivity contribution in [3.05, 3.63) is 52.8 Å². The van der Waals surface area contributed by atoms with Gasteiger partial charge in [0.15, 0.2) is 5.76 Å². The molecule has 0 unspecified atom stereocenters. The number of rotatable bonds is 4. The van der Waals surface area contributed by atoms with Crippen molar-refractivity contribution < 1.29 is 8.94 Å². The Hall–Kier alpha value is -1.66. The molecule has 1 aromatic carbocycles. The second kappa shape index (κ2) is 5.76. The molecule has 0 aliphatic rings. The van der Waals surface area contributed by atoms with Crippen LogP contribution in [0.4, 0.5) is 5.69 Å². The van der Waals surface area contributed by atoms with Crippen LogP contribution in [0.3, 0.4) is 0 Å². The van der Waals surface area contributed by atoms with Crippen molar-refractivity contribution in [2.24, 2.45) is 0 Å². The highest BCUT2D eigenvalue weighted by Crippen LogP contribution is 2.32. The van der Waals surface area contributed by atoms with E-state index in [0.29, 0.717) is 17.3 Å². The average molecular weight is 351 g/mol. The van der Waals surface area contributed by atoms with E-state index in [-0.39, 0.29) is 0 Å². The first-order chi connectivity index (χ1) is 9.72. The molecule has 0 radical (unpaired) electrons. The number of aromatic nitrogens is 1. The van der Waals surface area contributed by atoms with E-state index in [2.05, 4.69) is 21.1 Å². The third kappa shape index (κ3) is 2.91. The first kappa shape index (κ1) is 13.3. The van der Waals surface area contributed by atoms with E-state index < -0.39 is 0 Å². The van der Waals surface area contributed by atoms with Crippen LogP contribution in [0.5, 0.6) is 0 Å². The number of thioether (sulfide) groups is 1. The fourth-order valence-electron chi connectivity index (χ4n) is 1.70. The monoisotopic (exact) mass is 350 g/mol. The Morgan fingerprint density at radius 2 is 2.10 bits per heavy atom. The molecule has 6 heteroatoms. The van der Waals surface area contributed by atoms with Gasteiger partial charge in [0.1, 0.15) is 0 Å². The number of hydrogen-bond acceptors (Lipinski definition) is 5. The lowest BCUT2D eigenvalue weighted by Gasteiger charge is -2.03. The third-order valence-electron chi connectivity index (χ3n) is 2.65. The second-order valence-corrected chi connectivity index (χ2v) is 6.01. The molecule has 102 valence electrons. The summed E-state index contributed by atoms with van der Waals surface area (Å²) in [5, 5.41) is 4.04. The summed E-state index contributed by atoms with van der Waals surface area (Å²) < 4.78 is 11.5. The number of nitrogens with zero attached hydrogens (tertiary/aromatic N) is 1. The highest BCUT2D eigenvalue weighted by Gasteiger charge is 2.10. The number of furan rings is 1. The van der Waals surface area contributed by atoms with Crippen molar-refractivity contribution >= 4 is 33.4 Å². The van der Waals surface area contributed by atoms with Gasteiger partial charge >= 0.3 is 0 Å². The fraction of sp³-hybridized carbons (Fsp3) is 0.0714. The Morgan fingerprint density at radius 1 is 1.20 bits per heavy atom. The van der Waals surface area contributed by atoms with Gasteiger partial charge in [-0.05, 0) is 46.3 Å². The normalized spacial score (nSPS) is 10.8. The molecule has 0 bridgehead atoms. The lowest BCUT2D eigenvalue weighted by Crippen LogP contribution is -1.85. The van der Waals surface area contributed by atoms with Crippen LogP contribution in [0.25, 0.3) is 11.5 Å². The molecular weight excluding hydrogens is 340 g/mol. The zero-order valence-electron chi connectivity index (χ0n) is 10.4. The Balaban J connectivity index is 1.70. The molecule has 0 amide bonds. The Kier molecular flexibility index (Phi) is 3.84. The number of nitrogen functional groups attached to an aromatic ring is 1. The summed E-state index contributed by atoms with van der Waals surface area (Å²) in [5.41, 5.74) is 7.32. The van der Waals surface area contributed by atoms with E-state index in [9.17, 15) is 0 Å². The molecule has 0 fully saturated rings. The lowest BCUT2D eigenvalue weighted by molar-refractivity contribution is 0.413. The maximum atomic E-state index is 5.72. The van der Waals surface area contributed by atoms with Gasteiger partial charge < -0.3 is 14.7 Å². The zero-order valence-corrected chi connectivity index (χ0v) is 12.8. The topological polar surface area (TPSA) is 65.2 Å². The van der Waals surface area contributed by atoms with E-state index in [4.69, 9.17) is 14.7 Å². The predicted molar refractivity (Wildman–Crippen MR) is 82.3 cm³/mol. The Morgan fingerprint density at radius 3 is 2.85 bits per heavy atom. The molecule has 0 spiro atoms. The van der Waals surface area contributed by atoms with Crippen molar-refractivity contribution in [3.63, 3.8) is 0 Å². The maximum absolute atomic E-state index is 5.72. The molecule has 2 aromatic heterocycles. The standard InChI is InChI=1S/C14H11BrN2O2S/c15-11-6-9(16)3-4-14(11)20-8-10-7-13(19-17-10)12-2-1-5-18-12/h1-7H,8,16H2. The number of nitrogens with two attached hydrogens (primary N) is 1. The first-order valence-corrected chi connectivity index (χ1v) is 7.67. The van der Waals surface area contributed by atoms with E-state index in [1.54, 1.807) is 18.0 Å². The SMILES string of the molecule is Nc1ccc(SCc2cc(-c3ccco3)on2)c(Br)c1. The summed E-state index contributed by atoms with van der Waals surface area (Å²) in [5.74, 6) is 2.04. The molecule has 0 aliphatic carbocycles. The summed E-state index contributed by atoms with van der Waals surface area (Å²) in [4.78, 5) is 1.11. The molecule has 0 saturated carbocycles. The molecule has 20 heavy (non-hydrogen) atoms. The minimum Gasteiger partial charge on any atom is -0.461 e. The minimum absolute atomic E-state index is 0.641. The summed E-state index contributed by atoms with van der Waals surface area (Å²) >= 11 is 5.16. The number of hydrogen-bond donors (Lipinski definition) is 1. The van der Waals surface area contributed by atoms with Crippen LogP contribution >= 0.6 is 27.7 Å². The summed E-state index contributed by atoms with van der Waals surface area (Å²) in [7, 11) is 0. The number of benzene rings is 1. The largest absolute Gasteiger partial charge is 0.461 e. The van der Waals surface area contributed by atoms with Crippen LogP contribution < -0.4 is 5.73 Å². The van der Waals surface area contributed by atoms with Crippen LogP contribution in [-0.4, -0.2) is 5.16 Å². The van der Waals surface area contributed by atoms with Crippen LogP contribution in [-0.2, 0) is 5.75 Å². The molecule has 0 saturated heterocycles. The molecular formula is C14H11BrN2O2S. The van der Waals surface area contributed by atoms with Gasteiger partial charge in [0.05, 0.1) is 12.0 Å². The van der Waals surface area contributed by atoms with Crippen molar-refractivity contribution in [2.75, 3.05) is 5.73 Å². The number of halogens is 1. The van der Waals surface area contributed by atoms with Gasteiger partial charge in [0, 0.05) is 26.9 Å². The summed E-state index contributed by atoms with van der Waals surface area (Å²) in [6.07, 6.45) is 1.61. The van der Waals surface area contributed by atoms with Crippen molar-refractivity contribution in [1.82, 2.24) is 5.16 Å². The molecule has 2 heterocycles. The van der Waals surface area contributed by atoms with Gasteiger partial charge in [-0.1, -0.05) is 5.16 Å². The molecule has 2 N–H and O–H groups in total. The quantitative estimate of drug-likeness (QED) is 0.551. The minimum atomic E-state index is 0.641. The van der Waals surface area contributed by atoms with Crippen molar-refractivity contribution in [1.29, 1.82) is 0 Å². The molecule has 3 aromatic rings. The van der Waals surface area contributed by atoms with Gasteiger partial charge in [-0.3, -0.25) is 0 Å². The van der Waals surface area contributed by atoms with E-state index in [1.807, 2.05) is 36.4 Å². The predicted octanol–water partition coefficient (Wildman–Crippen LogP) is 4.57. The lowest BCUT2D eigenvalue weighted by atomic mass is 10.3. The van der Waals surface area contributed by atoms with Crippen LogP contribution in [0.1, 0.15) is 5.69 Å². The highest BCUT2D eigenvalue weighted by atomic mass is 79.9. The molecule has 0 atom stereocenters. The second-order valence-electron chi connectivity index (χ2n) is 4.14. The fourth-order valence-corrected chi connectivity index (χ4v) is 3.24. The van der Waals surface area contributed by atoms with Crippen molar-refractivity contribution in [3.8, 4) is 11.5 Å². The number of anilines is 1. The van der Waals surface area contributed by atoms with Crippen molar-refractivity contribution in [2.45, 2.75) is 10.6 Å². The zero-order chi connectivity index (χ0) is 13.9. The Bertz CT molecular complexity index is 710. The maximum Gasteiger partial charge on any atom is 0.202 e. The molecule has 3 rings (SSSR count). The van der Waals surface area contributed by atoms with Gasteiger partial charge in [-0.2, -0.15) is 0 Å². The average Bonchev–Trinajstić information content (AvgIpc) is 3.08. The first-order valence-electron chi connectivity index (χ1n) is 5.89. The molecule has 0 aliphatic heterocycles. The highest BCUT2D eigenvalue weighted by molar-refractivity contribution is 9.10. The Labute approximate surface area is 128 Å². The molecule has 4 nitrogen and oxygen atoms in total. The summed E-state index contributed by atoms with van der Waals surface area (Å²) in [6.45, 7) is 0. The van der Waals surface area contributed by atoms with Gasteiger partial charge in [0.2, 0.25) is 5.76 Å². The van der Waals surface area contributed by atoms with Gasteiger partial charge in [-0.15, -0.1) is 11.8 Å². The van der Waals surface area contributed by atoms with Gasteiger partial charge in [0.25, 0.3) is 0 Å². The van der Waals surface area contributed by atoms with E-state index >= 15 is 0 Å². The third-order valence-corrected chi connectivity index (χ3v) is 4.68. The van der Waals surface area contributed by atoms with Crippen LogP contribution in [0.2, 0.25) is 0 Å². The van der Waals surface area contributed by atoms with E-state index in [1.165, 1.54) is 0 Å². The summed E-state index contributed by atoms with van der Waals surface area (Å²) in [6, 6.07) is 11.3. The van der Waals surface area contributed by atoms with Crippen LogP contribution in [0, 0.1) is 0 Å². The van der Waals surface area contributed by atoms with E-state index in [0.717, 1.165) is 20.7 Å². The van der Waals surface area contributed by atoms with Gasteiger partial charge in [-0.25, -0.2) is 0 Å².